The van der Waals surface area contributed by atoms with Crippen molar-refractivity contribution in [2.45, 2.75) is 6.10 Å². The fourth-order valence-electron chi connectivity index (χ4n) is 2.97. The molecule has 0 radical (unpaired) electrons. The number of amides is 2. The molecule has 8 heteroatoms. The largest absolute Gasteiger partial charge is 0.454 e. The van der Waals surface area contributed by atoms with Crippen LogP contribution in [0, 0.1) is 0 Å². The zero-order chi connectivity index (χ0) is 18.1. The van der Waals surface area contributed by atoms with E-state index in [0.29, 0.717) is 46.9 Å². The predicted octanol–water partition coefficient (Wildman–Crippen LogP) is 4.33. The number of carbonyl (C=O) groups is 1. The van der Waals surface area contributed by atoms with Crippen LogP contribution in [0.25, 0.3) is 0 Å². The molecular weight excluding hydrogens is 379 g/mol. The first-order valence-electron chi connectivity index (χ1n) is 8.12. The molecule has 1 unspecified atom stereocenters. The molecule has 1 atom stereocenters. The number of nitrogens with zero attached hydrogens (tertiary/aromatic N) is 1. The van der Waals surface area contributed by atoms with E-state index in [1.807, 2.05) is 0 Å². The Balaban J connectivity index is 1.44. The summed E-state index contributed by atoms with van der Waals surface area (Å²) in [5, 5.41) is 3.96. The van der Waals surface area contributed by atoms with Crippen molar-refractivity contribution in [1.29, 1.82) is 0 Å². The summed E-state index contributed by atoms with van der Waals surface area (Å²) in [7, 11) is 0. The number of hydrogen-bond donors (Lipinski definition) is 1. The molecule has 2 aromatic carbocycles. The van der Waals surface area contributed by atoms with E-state index in [9.17, 15) is 4.79 Å². The van der Waals surface area contributed by atoms with Gasteiger partial charge in [-0.05, 0) is 35.9 Å². The minimum absolute atomic E-state index is 0.195. The van der Waals surface area contributed by atoms with Gasteiger partial charge in [-0.2, -0.15) is 0 Å². The normalized spacial score (nSPS) is 18.7. The first kappa shape index (κ1) is 17.3. The van der Waals surface area contributed by atoms with E-state index in [4.69, 9.17) is 37.4 Å². The first-order valence-corrected chi connectivity index (χ1v) is 8.87. The number of halogens is 2. The average molecular weight is 395 g/mol. The number of morpholine rings is 1. The Hall–Kier alpha value is -2.15. The number of nitrogens with one attached hydrogen (secondary N) is 1. The Bertz CT molecular complexity index is 826. The molecule has 0 saturated carbocycles. The van der Waals surface area contributed by atoms with E-state index in [1.54, 1.807) is 41.3 Å². The van der Waals surface area contributed by atoms with Crippen molar-refractivity contribution in [3.05, 3.63) is 52.0 Å². The Labute approximate surface area is 160 Å². The predicted molar refractivity (Wildman–Crippen MR) is 98.3 cm³/mol. The monoisotopic (exact) mass is 394 g/mol. The minimum atomic E-state index is -0.276. The van der Waals surface area contributed by atoms with Gasteiger partial charge in [-0.15, -0.1) is 0 Å². The molecule has 4 rings (SSSR count). The molecule has 0 bridgehead atoms. The molecule has 1 fully saturated rings. The van der Waals surface area contributed by atoms with E-state index in [2.05, 4.69) is 5.32 Å². The van der Waals surface area contributed by atoms with Crippen molar-refractivity contribution in [3.63, 3.8) is 0 Å². The molecular formula is C18H16Cl2N2O4. The van der Waals surface area contributed by atoms with Gasteiger partial charge in [0.05, 0.1) is 13.2 Å². The maximum atomic E-state index is 12.6. The average Bonchev–Trinajstić information content (AvgIpc) is 3.09. The van der Waals surface area contributed by atoms with E-state index in [1.165, 1.54) is 0 Å². The van der Waals surface area contributed by atoms with Gasteiger partial charge in [-0.3, -0.25) is 0 Å². The lowest BCUT2D eigenvalue weighted by atomic mass is 10.1. The maximum absolute atomic E-state index is 12.6. The number of ether oxygens (including phenoxy) is 3. The molecule has 2 aliphatic heterocycles. The summed E-state index contributed by atoms with van der Waals surface area (Å²) in [5.41, 5.74) is 1.50. The zero-order valence-electron chi connectivity index (χ0n) is 13.7. The topological polar surface area (TPSA) is 60.0 Å². The van der Waals surface area contributed by atoms with E-state index < -0.39 is 0 Å². The Kier molecular flexibility index (Phi) is 4.80. The SMILES string of the molecule is O=C(Nc1ccc2c(c1)OCO2)N1CCOC(c2cc(Cl)cc(Cl)c2)C1. The van der Waals surface area contributed by atoms with Gasteiger partial charge in [0.1, 0.15) is 6.10 Å². The number of fused-ring (bicyclic) bond motifs is 1. The summed E-state index contributed by atoms with van der Waals surface area (Å²) in [4.78, 5) is 14.3. The second-order valence-corrected chi connectivity index (χ2v) is 6.88. The fourth-order valence-corrected chi connectivity index (χ4v) is 3.52. The lowest BCUT2D eigenvalue weighted by Gasteiger charge is -2.33. The van der Waals surface area contributed by atoms with Crippen LogP contribution in [-0.2, 0) is 4.74 Å². The van der Waals surface area contributed by atoms with E-state index in [-0.39, 0.29) is 18.9 Å². The standard InChI is InChI=1S/C18H16Cl2N2O4/c19-12-5-11(6-13(20)7-12)17-9-22(3-4-24-17)18(23)21-14-1-2-15-16(8-14)26-10-25-15/h1-2,5-8,17H,3-4,9-10H2,(H,21,23). The van der Waals surface area contributed by atoms with Crippen LogP contribution in [-0.4, -0.2) is 37.4 Å². The highest BCUT2D eigenvalue weighted by Gasteiger charge is 2.26. The molecule has 1 saturated heterocycles. The number of benzene rings is 2. The van der Waals surface area contributed by atoms with Crippen molar-refractivity contribution in [3.8, 4) is 11.5 Å². The Morgan fingerprint density at radius 3 is 2.65 bits per heavy atom. The van der Waals surface area contributed by atoms with Crippen LogP contribution < -0.4 is 14.8 Å². The maximum Gasteiger partial charge on any atom is 0.322 e. The van der Waals surface area contributed by atoms with Crippen LogP contribution in [0.3, 0.4) is 0 Å². The van der Waals surface area contributed by atoms with Crippen LogP contribution in [0.5, 0.6) is 11.5 Å². The molecule has 1 N–H and O–H groups in total. The van der Waals surface area contributed by atoms with Gasteiger partial charge in [0, 0.05) is 28.3 Å². The van der Waals surface area contributed by atoms with E-state index >= 15 is 0 Å². The van der Waals surface area contributed by atoms with Crippen LogP contribution in [0.2, 0.25) is 10.0 Å². The number of rotatable bonds is 2. The van der Waals surface area contributed by atoms with Gasteiger partial charge >= 0.3 is 6.03 Å². The third kappa shape index (κ3) is 3.67. The van der Waals surface area contributed by atoms with Crippen molar-refractivity contribution >= 4 is 34.9 Å². The second kappa shape index (κ2) is 7.23. The van der Waals surface area contributed by atoms with Crippen molar-refractivity contribution in [2.24, 2.45) is 0 Å². The van der Waals surface area contributed by atoms with Crippen molar-refractivity contribution in [2.75, 3.05) is 31.8 Å². The number of carbonyl (C=O) groups excluding carboxylic acids is 1. The molecule has 2 amide bonds. The number of urea groups is 1. The Morgan fingerprint density at radius 2 is 1.85 bits per heavy atom. The molecule has 0 spiro atoms. The summed E-state index contributed by atoms with van der Waals surface area (Å²) in [6.45, 7) is 1.54. The molecule has 6 nitrogen and oxygen atoms in total. The quantitative estimate of drug-likeness (QED) is 0.823. The van der Waals surface area contributed by atoms with E-state index in [0.717, 1.165) is 5.56 Å². The summed E-state index contributed by atoms with van der Waals surface area (Å²) < 4.78 is 16.4. The molecule has 2 heterocycles. The van der Waals surface area contributed by atoms with Gasteiger partial charge in [-0.1, -0.05) is 23.2 Å². The summed E-state index contributed by atoms with van der Waals surface area (Å²) >= 11 is 12.1. The molecule has 0 aromatic heterocycles. The zero-order valence-corrected chi connectivity index (χ0v) is 15.2. The third-order valence-corrected chi connectivity index (χ3v) is 4.67. The van der Waals surface area contributed by atoms with Gasteiger partial charge < -0.3 is 24.4 Å². The van der Waals surface area contributed by atoms with Crippen LogP contribution in [0.4, 0.5) is 10.5 Å². The first-order chi connectivity index (χ1) is 12.6. The molecule has 136 valence electrons. The van der Waals surface area contributed by atoms with Crippen molar-refractivity contribution in [1.82, 2.24) is 4.90 Å². The van der Waals surface area contributed by atoms with Crippen LogP contribution >= 0.6 is 23.2 Å². The highest BCUT2D eigenvalue weighted by molar-refractivity contribution is 6.34. The van der Waals surface area contributed by atoms with Gasteiger partial charge in [0.25, 0.3) is 0 Å². The van der Waals surface area contributed by atoms with Crippen molar-refractivity contribution < 1.29 is 19.0 Å². The summed E-state index contributed by atoms with van der Waals surface area (Å²) in [6, 6.07) is 10.4. The van der Waals surface area contributed by atoms with Gasteiger partial charge in [0.2, 0.25) is 6.79 Å². The number of hydrogen-bond acceptors (Lipinski definition) is 4. The molecule has 2 aliphatic rings. The third-order valence-electron chi connectivity index (χ3n) is 4.23. The highest BCUT2D eigenvalue weighted by Crippen LogP contribution is 2.34. The second-order valence-electron chi connectivity index (χ2n) is 6.01. The smallest absolute Gasteiger partial charge is 0.322 e. The summed E-state index contributed by atoms with van der Waals surface area (Å²) in [6.07, 6.45) is -0.276. The number of anilines is 1. The van der Waals surface area contributed by atoms with Gasteiger partial charge in [-0.25, -0.2) is 4.79 Å². The molecule has 0 aliphatic carbocycles. The minimum Gasteiger partial charge on any atom is -0.454 e. The Morgan fingerprint density at radius 1 is 1.08 bits per heavy atom. The molecule has 2 aromatic rings. The lowest BCUT2D eigenvalue weighted by molar-refractivity contribution is -0.0134. The fraction of sp³-hybridized carbons (Fsp3) is 0.278. The van der Waals surface area contributed by atoms with Gasteiger partial charge in [0.15, 0.2) is 11.5 Å². The lowest BCUT2D eigenvalue weighted by Crippen LogP contribution is -2.44. The summed E-state index contributed by atoms with van der Waals surface area (Å²) in [5.74, 6) is 1.29. The van der Waals surface area contributed by atoms with Crippen LogP contribution in [0.1, 0.15) is 11.7 Å². The van der Waals surface area contributed by atoms with Crippen LogP contribution in [0.15, 0.2) is 36.4 Å². The molecule has 26 heavy (non-hydrogen) atoms. The highest BCUT2D eigenvalue weighted by atomic mass is 35.5.